The van der Waals surface area contributed by atoms with E-state index in [1.807, 2.05) is 12.1 Å². The summed E-state index contributed by atoms with van der Waals surface area (Å²) in [4.78, 5) is 27.6. The monoisotopic (exact) mass is 369 g/mol. The Balaban J connectivity index is 1.55. The van der Waals surface area contributed by atoms with E-state index in [9.17, 15) is 4.79 Å². The van der Waals surface area contributed by atoms with Crippen LogP contribution >= 0.6 is 0 Å². The van der Waals surface area contributed by atoms with E-state index in [-0.39, 0.29) is 11.8 Å². The lowest BCUT2D eigenvalue weighted by atomic mass is 9.97. The number of anilines is 1. The molecule has 1 aliphatic heterocycles. The fraction of sp³-hybridized carbons (Fsp3) is 0.500. The molecule has 1 amide bonds. The molecule has 3 heterocycles. The highest BCUT2D eigenvalue weighted by Gasteiger charge is 2.27. The Morgan fingerprint density at radius 2 is 2.07 bits per heavy atom. The molecule has 1 N–H and O–H groups in total. The van der Waals surface area contributed by atoms with E-state index in [0.29, 0.717) is 31.5 Å². The van der Waals surface area contributed by atoms with Crippen LogP contribution in [0.15, 0.2) is 36.8 Å². The van der Waals surface area contributed by atoms with Gasteiger partial charge in [0.15, 0.2) is 0 Å². The summed E-state index contributed by atoms with van der Waals surface area (Å²) in [6.07, 6.45) is 9.06. The molecule has 0 aromatic carbocycles. The van der Waals surface area contributed by atoms with Crippen LogP contribution in [0.25, 0.3) is 0 Å². The molecular weight excluding hydrogens is 342 g/mol. The van der Waals surface area contributed by atoms with E-state index in [1.165, 1.54) is 0 Å². The van der Waals surface area contributed by atoms with Gasteiger partial charge in [-0.05, 0) is 31.4 Å². The molecular formula is C20H27N5O2. The number of aromatic nitrogens is 3. The minimum Gasteiger partial charge on any atom is -0.477 e. The van der Waals surface area contributed by atoms with Crippen LogP contribution in [0.4, 0.5) is 5.95 Å². The molecule has 2 aromatic rings. The Bertz CT molecular complexity index is 725. The quantitative estimate of drug-likeness (QED) is 0.721. The van der Waals surface area contributed by atoms with Crippen molar-refractivity contribution in [1.29, 1.82) is 0 Å². The van der Waals surface area contributed by atoms with Crippen molar-refractivity contribution in [3.8, 4) is 5.88 Å². The number of hydrogen-bond acceptors (Lipinski definition) is 6. The normalized spacial score (nSPS) is 16.8. The van der Waals surface area contributed by atoms with Crippen molar-refractivity contribution >= 4 is 11.9 Å². The van der Waals surface area contributed by atoms with Gasteiger partial charge in [0.25, 0.3) is 0 Å². The minimum atomic E-state index is -0.0660. The highest BCUT2D eigenvalue weighted by molar-refractivity contribution is 5.79. The van der Waals surface area contributed by atoms with E-state index in [4.69, 9.17) is 4.74 Å². The van der Waals surface area contributed by atoms with Crippen LogP contribution in [0.2, 0.25) is 0 Å². The molecule has 27 heavy (non-hydrogen) atoms. The van der Waals surface area contributed by atoms with Gasteiger partial charge in [0.1, 0.15) is 0 Å². The Labute approximate surface area is 160 Å². The average molecular weight is 369 g/mol. The summed E-state index contributed by atoms with van der Waals surface area (Å²) < 4.78 is 5.74. The molecule has 0 spiro atoms. The molecule has 1 saturated heterocycles. The van der Waals surface area contributed by atoms with Gasteiger partial charge >= 0.3 is 0 Å². The number of rotatable bonds is 8. The van der Waals surface area contributed by atoms with Crippen molar-refractivity contribution in [2.75, 3.05) is 24.6 Å². The van der Waals surface area contributed by atoms with Crippen LogP contribution in [0.3, 0.4) is 0 Å². The SMILES string of the molecule is CCCCOc1ncccc1CNC(=O)C1CCCN(c2ncccn2)C1. The molecule has 7 heteroatoms. The zero-order valence-electron chi connectivity index (χ0n) is 15.8. The molecule has 1 atom stereocenters. The third-order valence-corrected chi connectivity index (χ3v) is 4.67. The zero-order valence-corrected chi connectivity index (χ0v) is 15.8. The molecule has 0 aliphatic carbocycles. The number of unbranched alkanes of at least 4 members (excludes halogenated alkanes) is 1. The first-order chi connectivity index (χ1) is 13.3. The number of ether oxygens (including phenoxy) is 1. The number of nitrogens with zero attached hydrogens (tertiary/aromatic N) is 4. The Hall–Kier alpha value is -2.70. The predicted octanol–water partition coefficient (Wildman–Crippen LogP) is 2.58. The van der Waals surface area contributed by atoms with Crippen LogP contribution in [0.1, 0.15) is 38.2 Å². The average Bonchev–Trinajstić information content (AvgIpc) is 2.74. The number of amides is 1. The Morgan fingerprint density at radius 1 is 1.26 bits per heavy atom. The second-order valence-electron chi connectivity index (χ2n) is 6.72. The number of carbonyl (C=O) groups excluding carboxylic acids is 1. The van der Waals surface area contributed by atoms with Gasteiger partial charge in [-0.3, -0.25) is 4.79 Å². The van der Waals surface area contributed by atoms with Crippen LogP contribution in [0, 0.1) is 5.92 Å². The number of nitrogens with one attached hydrogen (secondary N) is 1. The lowest BCUT2D eigenvalue weighted by Gasteiger charge is -2.31. The first-order valence-corrected chi connectivity index (χ1v) is 9.64. The second kappa shape index (κ2) is 9.85. The first-order valence-electron chi connectivity index (χ1n) is 9.64. The molecule has 3 rings (SSSR count). The van der Waals surface area contributed by atoms with Crippen molar-refractivity contribution in [2.45, 2.75) is 39.2 Å². The van der Waals surface area contributed by atoms with Gasteiger partial charge in [0, 0.05) is 43.8 Å². The van der Waals surface area contributed by atoms with Gasteiger partial charge in [0.2, 0.25) is 17.7 Å². The first kappa shape index (κ1) is 19.1. The molecule has 2 aromatic heterocycles. The van der Waals surface area contributed by atoms with E-state index in [0.717, 1.165) is 37.8 Å². The van der Waals surface area contributed by atoms with E-state index < -0.39 is 0 Å². The standard InChI is InChI=1S/C20H27N5O2/c1-2-3-13-27-19-16(7-4-9-21-19)14-24-18(26)17-8-5-12-25(15-17)20-22-10-6-11-23-20/h4,6-7,9-11,17H,2-3,5,8,12-15H2,1H3,(H,24,26). The summed E-state index contributed by atoms with van der Waals surface area (Å²) >= 11 is 0. The van der Waals surface area contributed by atoms with Crippen LogP contribution in [-0.2, 0) is 11.3 Å². The number of carbonyl (C=O) groups is 1. The third-order valence-electron chi connectivity index (χ3n) is 4.67. The van der Waals surface area contributed by atoms with Crippen LogP contribution < -0.4 is 15.0 Å². The maximum atomic E-state index is 12.7. The van der Waals surface area contributed by atoms with E-state index in [1.54, 1.807) is 24.7 Å². The molecule has 0 bridgehead atoms. The molecule has 1 fully saturated rings. The molecule has 0 radical (unpaired) electrons. The second-order valence-corrected chi connectivity index (χ2v) is 6.72. The highest BCUT2D eigenvalue weighted by Crippen LogP contribution is 2.21. The maximum Gasteiger partial charge on any atom is 0.225 e. The Morgan fingerprint density at radius 3 is 2.89 bits per heavy atom. The molecule has 1 unspecified atom stereocenters. The predicted molar refractivity (Wildman–Crippen MR) is 103 cm³/mol. The molecule has 1 aliphatic rings. The van der Waals surface area contributed by atoms with Crippen LogP contribution in [0.5, 0.6) is 5.88 Å². The smallest absolute Gasteiger partial charge is 0.225 e. The molecule has 144 valence electrons. The Kier molecular flexibility index (Phi) is 6.96. The van der Waals surface area contributed by atoms with Crippen molar-refractivity contribution in [3.63, 3.8) is 0 Å². The fourth-order valence-electron chi connectivity index (χ4n) is 3.16. The van der Waals surface area contributed by atoms with Crippen LogP contribution in [-0.4, -0.2) is 40.6 Å². The van der Waals surface area contributed by atoms with Gasteiger partial charge in [-0.1, -0.05) is 19.4 Å². The van der Waals surface area contributed by atoms with Gasteiger partial charge < -0.3 is 15.0 Å². The summed E-state index contributed by atoms with van der Waals surface area (Å²) in [5.41, 5.74) is 0.904. The number of piperidine rings is 1. The number of pyridine rings is 1. The van der Waals surface area contributed by atoms with Gasteiger partial charge in [-0.25, -0.2) is 15.0 Å². The third kappa shape index (κ3) is 5.39. The van der Waals surface area contributed by atoms with Gasteiger partial charge in [-0.15, -0.1) is 0 Å². The summed E-state index contributed by atoms with van der Waals surface area (Å²) in [5.74, 6) is 1.28. The van der Waals surface area contributed by atoms with Crippen molar-refractivity contribution in [1.82, 2.24) is 20.3 Å². The molecule has 7 nitrogen and oxygen atoms in total. The maximum absolute atomic E-state index is 12.7. The number of hydrogen-bond donors (Lipinski definition) is 1. The van der Waals surface area contributed by atoms with Gasteiger partial charge in [0.05, 0.1) is 12.5 Å². The minimum absolute atomic E-state index is 0.0546. The fourth-order valence-corrected chi connectivity index (χ4v) is 3.16. The van der Waals surface area contributed by atoms with Crippen molar-refractivity contribution in [2.24, 2.45) is 5.92 Å². The zero-order chi connectivity index (χ0) is 18.9. The topological polar surface area (TPSA) is 80.2 Å². The lowest BCUT2D eigenvalue weighted by Crippen LogP contribution is -2.43. The van der Waals surface area contributed by atoms with Crippen molar-refractivity contribution in [3.05, 3.63) is 42.4 Å². The summed E-state index contributed by atoms with van der Waals surface area (Å²) in [7, 11) is 0. The van der Waals surface area contributed by atoms with Crippen molar-refractivity contribution < 1.29 is 9.53 Å². The van der Waals surface area contributed by atoms with E-state index >= 15 is 0 Å². The van der Waals surface area contributed by atoms with E-state index in [2.05, 4.69) is 32.1 Å². The summed E-state index contributed by atoms with van der Waals surface area (Å²) in [5, 5.41) is 3.05. The summed E-state index contributed by atoms with van der Waals surface area (Å²) in [6, 6.07) is 5.61. The highest BCUT2D eigenvalue weighted by atomic mass is 16.5. The summed E-state index contributed by atoms with van der Waals surface area (Å²) in [6.45, 7) is 4.71. The molecule has 0 saturated carbocycles. The lowest BCUT2D eigenvalue weighted by molar-refractivity contribution is -0.125. The van der Waals surface area contributed by atoms with Gasteiger partial charge in [-0.2, -0.15) is 0 Å². The largest absolute Gasteiger partial charge is 0.477 e.